The summed E-state index contributed by atoms with van der Waals surface area (Å²) in [6.45, 7) is 1.38. The van der Waals surface area contributed by atoms with E-state index >= 15 is 0 Å². The van der Waals surface area contributed by atoms with E-state index in [-0.39, 0.29) is 5.56 Å². The van der Waals surface area contributed by atoms with Gasteiger partial charge in [-0.2, -0.15) is 18.4 Å². The van der Waals surface area contributed by atoms with Crippen molar-refractivity contribution in [3.05, 3.63) is 29.3 Å². The molecular weight excluding hydrogens is 255 g/mol. The molecule has 0 unspecified atom stereocenters. The molecule has 0 aromatic heterocycles. The number of nitrogens with one attached hydrogen (secondary N) is 2. The number of hydrogen-bond acceptors (Lipinski definition) is 3. The third-order valence-corrected chi connectivity index (χ3v) is 2.91. The number of alkyl halides is 3. The predicted molar refractivity (Wildman–Crippen MR) is 65.7 cm³/mol. The molecule has 102 valence electrons. The van der Waals surface area contributed by atoms with Crippen LogP contribution in [0.25, 0.3) is 0 Å². The first-order valence-electron chi connectivity index (χ1n) is 6.09. The maximum absolute atomic E-state index is 12.6. The van der Waals surface area contributed by atoms with E-state index in [2.05, 4.69) is 10.6 Å². The van der Waals surface area contributed by atoms with Crippen LogP contribution in [0.4, 0.5) is 18.9 Å². The highest BCUT2D eigenvalue weighted by atomic mass is 19.4. The van der Waals surface area contributed by atoms with Gasteiger partial charge in [-0.1, -0.05) is 0 Å². The zero-order chi connectivity index (χ0) is 13.9. The molecule has 0 spiro atoms. The monoisotopic (exact) mass is 269 g/mol. The van der Waals surface area contributed by atoms with E-state index < -0.39 is 11.7 Å². The molecule has 0 aliphatic heterocycles. The third-order valence-electron chi connectivity index (χ3n) is 2.91. The zero-order valence-electron chi connectivity index (χ0n) is 10.2. The maximum atomic E-state index is 12.6. The van der Waals surface area contributed by atoms with Crippen LogP contribution >= 0.6 is 0 Å². The second-order valence-corrected chi connectivity index (χ2v) is 4.53. The maximum Gasteiger partial charge on any atom is 0.417 e. The van der Waals surface area contributed by atoms with Crippen LogP contribution in [0, 0.1) is 11.3 Å². The minimum atomic E-state index is -4.49. The summed E-state index contributed by atoms with van der Waals surface area (Å²) in [4.78, 5) is 0. The van der Waals surface area contributed by atoms with Crippen molar-refractivity contribution in [2.24, 2.45) is 0 Å². The Morgan fingerprint density at radius 1 is 1.26 bits per heavy atom. The minimum absolute atomic E-state index is 0.354. The van der Waals surface area contributed by atoms with Crippen molar-refractivity contribution >= 4 is 5.69 Å². The van der Waals surface area contributed by atoms with Crippen LogP contribution in [0.2, 0.25) is 0 Å². The molecule has 3 nitrogen and oxygen atoms in total. The average Bonchev–Trinajstić information content (AvgIpc) is 3.17. The van der Waals surface area contributed by atoms with Gasteiger partial charge in [-0.3, -0.25) is 0 Å². The summed E-state index contributed by atoms with van der Waals surface area (Å²) >= 11 is 0. The van der Waals surface area contributed by atoms with Gasteiger partial charge in [0.1, 0.15) is 0 Å². The van der Waals surface area contributed by atoms with Crippen molar-refractivity contribution in [3.63, 3.8) is 0 Å². The van der Waals surface area contributed by atoms with Crippen LogP contribution in [-0.2, 0) is 6.18 Å². The Balaban J connectivity index is 1.96. The number of nitriles is 1. The Labute approximate surface area is 109 Å². The van der Waals surface area contributed by atoms with E-state index in [0.29, 0.717) is 18.3 Å². The van der Waals surface area contributed by atoms with Crippen molar-refractivity contribution in [2.45, 2.75) is 25.1 Å². The van der Waals surface area contributed by atoms with Gasteiger partial charge in [0, 0.05) is 24.8 Å². The SMILES string of the molecule is N#Cc1cc(NCCNC2CC2)ccc1C(F)(F)F. The number of anilines is 1. The first-order chi connectivity index (χ1) is 9.00. The smallest absolute Gasteiger partial charge is 0.384 e. The average molecular weight is 269 g/mol. The van der Waals surface area contributed by atoms with E-state index in [4.69, 9.17) is 5.26 Å². The fourth-order valence-corrected chi connectivity index (χ4v) is 1.76. The molecule has 2 rings (SSSR count). The van der Waals surface area contributed by atoms with E-state index in [1.807, 2.05) is 0 Å². The molecular formula is C13H14F3N3. The summed E-state index contributed by atoms with van der Waals surface area (Å²) in [6.07, 6.45) is -2.10. The number of hydrogen-bond donors (Lipinski definition) is 2. The van der Waals surface area contributed by atoms with E-state index in [0.717, 1.165) is 12.6 Å². The molecule has 0 bridgehead atoms. The van der Waals surface area contributed by atoms with Gasteiger partial charge in [-0.15, -0.1) is 0 Å². The lowest BCUT2D eigenvalue weighted by atomic mass is 10.1. The van der Waals surface area contributed by atoms with E-state index in [1.54, 1.807) is 6.07 Å². The van der Waals surface area contributed by atoms with Crippen LogP contribution in [0.1, 0.15) is 24.0 Å². The number of rotatable bonds is 5. The summed E-state index contributed by atoms with van der Waals surface area (Å²) < 4.78 is 37.8. The topological polar surface area (TPSA) is 47.9 Å². The first-order valence-corrected chi connectivity index (χ1v) is 6.09. The van der Waals surface area contributed by atoms with Gasteiger partial charge in [0.05, 0.1) is 17.2 Å². The summed E-state index contributed by atoms with van der Waals surface area (Å²) in [5.41, 5.74) is -0.716. The molecule has 6 heteroatoms. The second kappa shape index (κ2) is 5.49. The third kappa shape index (κ3) is 3.86. The highest BCUT2D eigenvalue weighted by Crippen LogP contribution is 2.32. The largest absolute Gasteiger partial charge is 0.417 e. The number of halogens is 3. The molecule has 1 aromatic rings. The molecule has 0 amide bonds. The molecule has 1 aromatic carbocycles. The van der Waals surface area contributed by atoms with Crippen LogP contribution in [0.3, 0.4) is 0 Å². The second-order valence-electron chi connectivity index (χ2n) is 4.53. The molecule has 0 atom stereocenters. The molecule has 1 aliphatic rings. The standard InChI is InChI=1S/C13H14F3N3/c14-13(15,16)12-4-3-11(7-9(12)8-17)19-6-5-18-10-1-2-10/h3-4,7,10,18-19H,1-2,5-6H2. The molecule has 1 saturated carbocycles. The molecule has 0 heterocycles. The lowest BCUT2D eigenvalue weighted by Gasteiger charge is -2.11. The molecule has 1 aliphatic carbocycles. The first kappa shape index (κ1) is 13.7. The molecule has 19 heavy (non-hydrogen) atoms. The quantitative estimate of drug-likeness (QED) is 0.808. The van der Waals surface area contributed by atoms with Crippen LogP contribution < -0.4 is 10.6 Å². The van der Waals surface area contributed by atoms with Crippen molar-refractivity contribution in [3.8, 4) is 6.07 Å². The Morgan fingerprint density at radius 2 is 2.00 bits per heavy atom. The molecule has 0 saturated heterocycles. The molecule has 2 N–H and O–H groups in total. The highest BCUT2D eigenvalue weighted by Gasteiger charge is 2.33. The zero-order valence-corrected chi connectivity index (χ0v) is 10.2. The van der Waals surface area contributed by atoms with Gasteiger partial charge in [0.15, 0.2) is 0 Å². The number of benzene rings is 1. The summed E-state index contributed by atoms with van der Waals surface area (Å²) in [5.74, 6) is 0. The van der Waals surface area contributed by atoms with Crippen molar-refractivity contribution in [2.75, 3.05) is 18.4 Å². The molecule has 0 radical (unpaired) electrons. The lowest BCUT2D eigenvalue weighted by molar-refractivity contribution is -0.137. The van der Waals surface area contributed by atoms with Gasteiger partial charge >= 0.3 is 6.18 Å². The Bertz CT molecular complexity index is 487. The lowest BCUT2D eigenvalue weighted by Crippen LogP contribution is -2.24. The summed E-state index contributed by atoms with van der Waals surface area (Å²) in [7, 11) is 0. The van der Waals surface area contributed by atoms with Gasteiger partial charge in [-0.25, -0.2) is 0 Å². The van der Waals surface area contributed by atoms with Gasteiger partial charge in [0.2, 0.25) is 0 Å². The van der Waals surface area contributed by atoms with Crippen LogP contribution in [-0.4, -0.2) is 19.1 Å². The number of nitrogens with zero attached hydrogens (tertiary/aromatic N) is 1. The van der Waals surface area contributed by atoms with Crippen molar-refractivity contribution in [1.82, 2.24) is 5.32 Å². The Hall–Kier alpha value is -1.74. The van der Waals surface area contributed by atoms with E-state index in [9.17, 15) is 13.2 Å². The van der Waals surface area contributed by atoms with Gasteiger partial charge in [-0.05, 0) is 31.0 Å². The summed E-state index contributed by atoms with van der Waals surface area (Å²) in [5, 5.41) is 15.1. The van der Waals surface area contributed by atoms with Gasteiger partial charge in [0.25, 0.3) is 0 Å². The van der Waals surface area contributed by atoms with Crippen molar-refractivity contribution in [1.29, 1.82) is 5.26 Å². The van der Waals surface area contributed by atoms with Gasteiger partial charge < -0.3 is 10.6 Å². The fraction of sp³-hybridized carbons (Fsp3) is 0.462. The van der Waals surface area contributed by atoms with E-state index in [1.165, 1.54) is 25.0 Å². The highest BCUT2D eigenvalue weighted by molar-refractivity contribution is 5.53. The van der Waals surface area contributed by atoms with Crippen LogP contribution in [0.5, 0.6) is 0 Å². The molecule has 1 fully saturated rings. The minimum Gasteiger partial charge on any atom is -0.384 e. The summed E-state index contributed by atoms with van der Waals surface area (Å²) in [6, 6.07) is 5.71. The van der Waals surface area contributed by atoms with Crippen molar-refractivity contribution < 1.29 is 13.2 Å². The fourth-order valence-electron chi connectivity index (χ4n) is 1.76. The predicted octanol–water partition coefficient (Wildman–Crippen LogP) is 2.74. The van der Waals surface area contributed by atoms with Crippen LogP contribution in [0.15, 0.2) is 18.2 Å². The Kier molecular flexibility index (Phi) is 3.96. The Morgan fingerprint density at radius 3 is 2.58 bits per heavy atom. The normalized spacial score (nSPS) is 15.1.